The molecule has 1 saturated carbocycles. The van der Waals surface area contributed by atoms with Gasteiger partial charge in [-0.15, -0.1) is 0 Å². The van der Waals surface area contributed by atoms with Gasteiger partial charge in [-0.25, -0.2) is 4.99 Å². The number of nitrogens with zero attached hydrogens (tertiary/aromatic N) is 2. The first kappa shape index (κ1) is 29.8. The molecular weight excluding hydrogens is 533 g/mol. The summed E-state index contributed by atoms with van der Waals surface area (Å²) < 4.78 is 42.4. The molecule has 1 aliphatic carbocycles. The van der Waals surface area contributed by atoms with Gasteiger partial charge in [-0.2, -0.15) is 13.2 Å². The molecule has 2 aromatic rings. The van der Waals surface area contributed by atoms with Crippen molar-refractivity contribution >= 4 is 29.7 Å². The van der Waals surface area contributed by atoms with Crippen LogP contribution in [0.1, 0.15) is 68.6 Å². The zero-order chi connectivity index (χ0) is 29.8. The highest BCUT2D eigenvalue weighted by atomic mass is 19.4. The summed E-state index contributed by atoms with van der Waals surface area (Å²) in [6, 6.07) is 9.75. The Morgan fingerprint density at radius 1 is 1.29 bits per heavy atom. The van der Waals surface area contributed by atoms with Gasteiger partial charge in [-0.3, -0.25) is 15.0 Å². The number of amides is 2. The van der Waals surface area contributed by atoms with Crippen LogP contribution in [-0.2, 0) is 29.5 Å². The topological polar surface area (TPSA) is 124 Å². The fourth-order valence-electron chi connectivity index (χ4n) is 5.72. The Labute approximate surface area is 240 Å². The first-order chi connectivity index (χ1) is 19.5. The van der Waals surface area contributed by atoms with Crippen molar-refractivity contribution in [3.63, 3.8) is 0 Å². The maximum absolute atomic E-state index is 14.1. The van der Waals surface area contributed by atoms with E-state index in [1.54, 1.807) is 25.1 Å². The maximum atomic E-state index is 14.1. The van der Waals surface area contributed by atoms with Crippen LogP contribution in [0.25, 0.3) is 0 Å². The van der Waals surface area contributed by atoms with E-state index in [-0.39, 0.29) is 33.0 Å². The van der Waals surface area contributed by atoms with Crippen LogP contribution in [0, 0.1) is 23.2 Å². The van der Waals surface area contributed by atoms with Gasteiger partial charge in [0.2, 0.25) is 0 Å². The summed E-state index contributed by atoms with van der Waals surface area (Å²) in [6.45, 7) is 4.42. The van der Waals surface area contributed by atoms with E-state index in [2.05, 4.69) is 34.4 Å². The minimum absolute atomic E-state index is 0. The van der Waals surface area contributed by atoms with E-state index in [4.69, 9.17) is 11.1 Å². The van der Waals surface area contributed by atoms with Crippen molar-refractivity contribution in [1.29, 1.82) is 5.41 Å². The van der Waals surface area contributed by atoms with Gasteiger partial charge in [0, 0.05) is 27.2 Å². The molecule has 5 N–H and O–H groups in total. The Morgan fingerprint density at radius 3 is 2.71 bits per heavy atom. The summed E-state index contributed by atoms with van der Waals surface area (Å²) in [5.41, 5.74) is 6.48. The molecule has 41 heavy (non-hydrogen) atoms. The van der Waals surface area contributed by atoms with Gasteiger partial charge in [0.1, 0.15) is 12.2 Å². The van der Waals surface area contributed by atoms with Crippen LogP contribution in [0.2, 0.25) is 0 Å². The van der Waals surface area contributed by atoms with Gasteiger partial charge in [0.15, 0.2) is 0 Å². The molecule has 0 bridgehead atoms. The lowest BCUT2D eigenvalue weighted by Crippen LogP contribution is -2.50. The second-order valence-corrected chi connectivity index (χ2v) is 10.5. The van der Waals surface area contributed by atoms with Crippen LogP contribution in [0.15, 0.2) is 41.4 Å². The van der Waals surface area contributed by atoms with Crippen LogP contribution >= 0.6 is 0 Å². The summed E-state index contributed by atoms with van der Waals surface area (Å²) >= 11 is 0. The van der Waals surface area contributed by atoms with Crippen molar-refractivity contribution in [2.75, 3.05) is 18.0 Å². The third-order valence-corrected chi connectivity index (χ3v) is 7.59. The number of hydrogen-bond donors (Lipinski definition) is 4. The number of fused-ring (bicyclic) bond motifs is 1. The highest BCUT2D eigenvalue weighted by molar-refractivity contribution is 6.10. The number of carbonyl (C=O) groups is 2. The third kappa shape index (κ3) is 6.28. The summed E-state index contributed by atoms with van der Waals surface area (Å²) in [5.74, 6) is 4.70. The molecule has 11 heteroatoms. The molecule has 4 rings (SSSR count). The fraction of sp³-hybridized carbons (Fsp3) is 0.400. The molecule has 0 saturated heterocycles. The number of benzene rings is 2. The predicted molar refractivity (Wildman–Crippen MR) is 156 cm³/mol. The Balaban J connectivity index is 0.00000323. The van der Waals surface area contributed by atoms with Gasteiger partial charge >= 0.3 is 6.18 Å². The van der Waals surface area contributed by atoms with Gasteiger partial charge in [0.25, 0.3) is 11.8 Å². The number of amidine groups is 1. The number of anilines is 1. The van der Waals surface area contributed by atoms with Crippen LogP contribution in [0.4, 0.5) is 18.9 Å². The van der Waals surface area contributed by atoms with Crippen LogP contribution in [-0.4, -0.2) is 37.1 Å². The zero-order valence-electron chi connectivity index (χ0n) is 23.0. The van der Waals surface area contributed by atoms with Gasteiger partial charge in [-0.05, 0) is 85.5 Å². The molecule has 0 unspecified atom stereocenters. The number of nitrogens with one attached hydrogen (secondary N) is 3. The van der Waals surface area contributed by atoms with Gasteiger partial charge < -0.3 is 21.3 Å². The van der Waals surface area contributed by atoms with Crippen molar-refractivity contribution in [2.45, 2.75) is 57.8 Å². The molecule has 1 aliphatic heterocycles. The average molecular weight is 571 g/mol. The Bertz CT molecular complexity index is 1450. The van der Waals surface area contributed by atoms with Crippen molar-refractivity contribution in [3.05, 3.63) is 64.2 Å². The fourth-order valence-corrected chi connectivity index (χ4v) is 5.72. The van der Waals surface area contributed by atoms with E-state index in [9.17, 15) is 22.8 Å². The molecule has 2 aromatic carbocycles. The molecule has 220 valence electrons. The number of hydrogen-bond acceptors (Lipinski definition) is 4. The molecular formula is C30H37F3N6O2. The summed E-state index contributed by atoms with van der Waals surface area (Å²) in [5, 5.41) is 13.0. The molecule has 8 nitrogen and oxygen atoms in total. The first-order valence-corrected chi connectivity index (χ1v) is 13.4. The Morgan fingerprint density at radius 2 is 2.05 bits per heavy atom. The van der Waals surface area contributed by atoms with Crippen LogP contribution in [0.5, 0.6) is 0 Å². The number of aliphatic imine (C=N–C) groups is 1. The highest BCUT2D eigenvalue weighted by Crippen LogP contribution is 2.49. The smallest absolute Gasteiger partial charge is 0.386 e. The minimum Gasteiger partial charge on any atom is -0.386 e. The normalized spacial score (nSPS) is 20.1. The Hall–Kier alpha value is -4.17. The molecule has 1 heterocycles. The second kappa shape index (κ2) is 12.1. The van der Waals surface area contributed by atoms with Crippen molar-refractivity contribution in [3.8, 4) is 11.8 Å². The standard InChI is InChI=1S/C30H33F3N6O2.2H2/c1-3-6-26(40)37-10-5-9-36-16-20-11-23-24(25(12-20)30(31,32)33)17-39(27(23)41)22-8-4-7-21(13-22)29(14-19(2)15-29)28(35)38-18-34;;/h4,7-8,11-13,18-19,36H,5,9-10,14-17H2,1-2H3,(H,37,40)(H3,34,35,38);2*1H. The summed E-state index contributed by atoms with van der Waals surface area (Å²) in [4.78, 5) is 30.3. The largest absolute Gasteiger partial charge is 0.416 e. The van der Waals surface area contributed by atoms with Crippen molar-refractivity contribution in [2.24, 2.45) is 16.6 Å². The monoisotopic (exact) mass is 570 g/mol. The SMILES string of the molecule is CC#CC(=O)NCCCNCc1cc2c(c(C(F)(F)F)c1)CN(c1cccc(C3(C(N)=NC=N)CC(C)C3)c1)C2=O.[HH].[HH]. The number of carbonyl (C=O) groups excluding carboxylic acids is 2. The highest BCUT2D eigenvalue weighted by Gasteiger charge is 2.47. The quantitative estimate of drug-likeness (QED) is 0.144. The van der Waals surface area contributed by atoms with Crippen molar-refractivity contribution < 1.29 is 25.6 Å². The zero-order valence-corrected chi connectivity index (χ0v) is 23.0. The van der Waals surface area contributed by atoms with E-state index in [0.717, 1.165) is 30.8 Å². The van der Waals surface area contributed by atoms with Crippen molar-refractivity contribution in [1.82, 2.24) is 10.6 Å². The molecule has 0 aromatic heterocycles. The van der Waals surface area contributed by atoms with E-state index in [1.165, 1.54) is 11.0 Å². The predicted octanol–water partition coefficient (Wildman–Crippen LogP) is 4.61. The minimum atomic E-state index is -4.63. The summed E-state index contributed by atoms with van der Waals surface area (Å²) in [6.07, 6.45) is -1.72. The van der Waals surface area contributed by atoms with Gasteiger partial charge in [0.05, 0.1) is 17.5 Å². The molecule has 0 atom stereocenters. The second-order valence-electron chi connectivity index (χ2n) is 10.5. The number of alkyl halides is 3. The lowest BCUT2D eigenvalue weighted by atomic mass is 9.58. The van der Waals surface area contributed by atoms with E-state index >= 15 is 0 Å². The van der Waals surface area contributed by atoms with E-state index in [0.29, 0.717) is 42.5 Å². The van der Waals surface area contributed by atoms with Crippen LogP contribution < -0.4 is 21.3 Å². The van der Waals surface area contributed by atoms with E-state index < -0.39 is 23.1 Å². The molecule has 0 radical (unpaired) electrons. The molecule has 2 amide bonds. The third-order valence-electron chi connectivity index (χ3n) is 7.59. The number of halogens is 3. The molecule has 0 spiro atoms. The maximum Gasteiger partial charge on any atom is 0.416 e. The first-order valence-electron chi connectivity index (χ1n) is 13.4. The summed E-state index contributed by atoms with van der Waals surface area (Å²) in [7, 11) is 0. The number of rotatable bonds is 10. The van der Waals surface area contributed by atoms with Gasteiger partial charge in [-0.1, -0.05) is 25.0 Å². The average Bonchev–Trinajstić information content (AvgIpc) is 3.24. The lowest BCUT2D eigenvalue weighted by molar-refractivity contribution is -0.138. The molecule has 2 aliphatic rings. The lowest BCUT2D eigenvalue weighted by Gasteiger charge is -2.46. The number of nitrogens with two attached hydrogens (primary N) is 1. The Kier molecular flexibility index (Phi) is 8.83. The molecule has 1 fully saturated rings. The van der Waals surface area contributed by atoms with Crippen LogP contribution in [0.3, 0.4) is 0 Å². The van der Waals surface area contributed by atoms with E-state index in [1.807, 2.05) is 6.07 Å².